The third-order valence-corrected chi connectivity index (χ3v) is 4.27. The molecule has 0 atom stereocenters. The van der Waals surface area contributed by atoms with Gasteiger partial charge in [0, 0.05) is 33.6 Å². The zero-order chi connectivity index (χ0) is 15.3. The van der Waals surface area contributed by atoms with Crippen molar-refractivity contribution in [3.05, 3.63) is 64.0 Å². The van der Waals surface area contributed by atoms with Crippen molar-refractivity contribution in [2.75, 3.05) is 5.73 Å². The van der Waals surface area contributed by atoms with Crippen LogP contribution in [-0.2, 0) is 0 Å². The minimum Gasteiger partial charge on any atom is -0.397 e. The first-order valence-electron chi connectivity index (χ1n) is 6.82. The lowest BCUT2D eigenvalue weighted by molar-refractivity contribution is 1.31. The zero-order valence-corrected chi connectivity index (χ0v) is 12.2. The van der Waals surface area contributed by atoms with Crippen LogP contribution in [0.4, 0.5) is 5.69 Å². The normalized spacial score (nSPS) is 11.3. The van der Waals surface area contributed by atoms with Crippen LogP contribution in [0.15, 0.2) is 53.5 Å². The molecule has 0 bridgehead atoms. The fourth-order valence-electron chi connectivity index (χ4n) is 2.75. The molecule has 0 amide bonds. The minimum atomic E-state index is -0.190. The second kappa shape index (κ2) is 4.64. The van der Waals surface area contributed by atoms with E-state index in [0.717, 1.165) is 21.9 Å². The number of aromatic amines is 2. The molecular formula is C17H12ClN3O. The number of pyridine rings is 1. The Hall–Kier alpha value is -2.72. The van der Waals surface area contributed by atoms with Crippen molar-refractivity contribution >= 4 is 39.1 Å². The molecule has 0 unspecified atom stereocenters. The van der Waals surface area contributed by atoms with Gasteiger partial charge in [0.05, 0.1) is 16.2 Å². The molecule has 4 N–H and O–H groups in total. The molecular weight excluding hydrogens is 298 g/mol. The highest BCUT2D eigenvalue weighted by Gasteiger charge is 2.12. The van der Waals surface area contributed by atoms with E-state index in [0.29, 0.717) is 21.8 Å². The van der Waals surface area contributed by atoms with Gasteiger partial charge in [-0.05, 0) is 18.2 Å². The molecule has 4 rings (SSSR count). The van der Waals surface area contributed by atoms with Crippen LogP contribution in [0, 0.1) is 0 Å². The fraction of sp³-hybridized carbons (Fsp3) is 0. The van der Waals surface area contributed by atoms with Gasteiger partial charge < -0.3 is 15.7 Å². The van der Waals surface area contributed by atoms with E-state index in [4.69, 9.17) is 17.3 Å². The lowest BCUT2D eigenvalue weighted by Crippen LogP contribution is -2.09. The maximum atomic E-state index is 12.5. The number of H-pyrrole nitrogens is 2. The van der Waals surface area contributed by atoms with Gasteiger partial charge >= 0.3 is 0 Å². The SMILES string of the molecule is Nc1ccc2cc(-c3c[nH]c4ccccc34)c(=O)[nH]c2c1Cl. The van der Waals surface area contributed by atoms with Crippen molar-refractivity contribution in [1.29, 1.82) is 0 Å². The van der Waals surface area contributed by atoms with Crippen LogP contribution < -0.4 is 11.3 Å². The molecule has 4 aromatic rings. The summed E-state index contributed by atoms with van der Waals surface area (Å²) in [5.41, 5.74) is 9.07. The summed E-state index contributed by atoms with van der Waals surface area (Å²) in [5.74, 6) is 0. The van der Waals surface area contributed by atoms with Gasteiger partial charge in [0.1, 0.15) is 0 Å². The Labute approximate surface area is 130 Å². The summed E-state index contributed by atoms with van der Waals surface area (Å²) in [6, 6.07) is 13.3. The third-order valence-electron chi connectivity index (χ3n) is 3.87. The molecule has 2 heterocycles. The molecule has 0 spiro atoms. The highest BCUT2D eigenvalue weighted by Crippen LogP contribution is 2.31. The van der Waals surface area contributed by atoms with Gasteiger partial charge in [0.2, 0.25) is 0 Å². The zero-order valence-electron chi connectivity index (χ0n) is 11.5. The summed E-state index contributed by atoms with van der Waals surface area (Å²) < 4.78 is 0. The molecule has 0 saturated carbocycles. The smallest absolute Gasteiger partial charge is 0.256 e. The number of aromatic nitrogens is 2. The van der Waals surface area contributed by atoms with Crippen molar-refractivity contribution in [3.63, 3.8) is 0 Å². The predicted molar refractivity (Wildman–Crippen MR) is 91.3 cm³/mol. The maximum Gasteiger partial charge on any atom is 0.256 e. The summed E-state index contributed by atoms with van der Waals surface area (Å²) in [6.07, 6.45) is 1.85. The van der Waals surface area contributed by atoms with Crippen molar-refractivity contribution in [2.45, 2.75) is 0 Å². The first-order chi connectivity index (χ1) is 10.6. The van der Waals surface area contributed by atoms with E-state index in [1.54, 1.807) is 6.07 Å². The minimum absolute atomic E-state index is 0.190. The number of para-hydroxylation sites is 1. The summed E-state index contributed by atoms with van der Waals surface area (Å²) >= 11 is 6.17. The van der Waals surface area contributed by atoms with Gasteiger partial charge in [-0.25, -0.2) is 0 Å². The van der Waals surface area contributed by atoms with Crippen LogP contribution in [0.5, 0.6) is 0 Å². The predicted octanol–water partition coefficient (Wildman–Crippen LogP) is 3.91. The van der Waals surface area contributed by atoms with Gasteiger partial charge in [-0.1, -0.05) is 35.9 Å². The molecule has 0 fully saturated rings. The van der Waals surface area contributed by atoms with Crippen LogP contribution in [0.2, 0.25) is 5.02 Å². The number of rotatable bonds is 1. The Bertz CT molecular complexity index is 1080. The Kier molecular flexibility index (Phi) is 2.74. The van der Waals surface area contributed by atoms with Crippen LogP contribution in [-0.4, -0.2) is 9.97 Å². The highest BCUT2D eigenvalue weighted by atomic mass is 35.5. The molecule has 4 nitrogen and oxygen atoms in total. The second-order valence-electron chi connectivity index (χ2n) is 5.19. The molecule has 0 radical (unpaired) electrons. The van der Waals surface area contributed by atoms with Crippen molar-refractivity contribution in [1.82, 2.24) is 9.97 Å². The number of benzene rings is 2. The van der Waals surface area contributed by atoms with Crippen LogP contribution in [0.3, 0.4) is 0 Å². The number of nitrogens with two attached hydrogens (primary N) is 1. The van der Waals surface area contributed by atoms with E-state index >= 15 is 0 Å². The van der Waals surface area contributed by atoms with E-state index in [2.05, 4.69) is 9.97 Å². The molecule has 2 aromatic heterocycles. The summed E-state index contributed by atoms with van der Waals surface area (Å²) in [4.78, 5) is 18.5. The largest absolute Gasteiger partial charge is 0.397 e. The molecule has 108 valence electrons. The van der Waals surface area contributed by atoms with Gasteiger partial charge in [-0.15, -0.1) is 0 Å². The van der Waals surface area contributed by atoms with Crippen LogP contribution >= 0.6 is 11.6 Å². The van der Waals surface area contributed by atoms with E-state index in [1.807, 2.05) is 42.6 Å². The van der Waals surface area contributed by atoms with E-state index in [9.17, 15) is 4.79 Å². The summed E-state index contributed by atoms with van der Waals surface area (Å²) in [5, 5.41) is 2.23. The van der Waals surface area contributed by atoms with Crippen molar-refractivity contribution < 1.29 is 0 Å². The number of nitrogen functional groups attached to an aromatic ring is 1. The lowest BCUT2D eigenvalue weighted by Gasteiger charge is -2.06. The average molecular weight is 310 g/mol. The monoisotopic (exact) mass is 309 g/mol. The molecule has 0 aliphatic heterocycles. The molecule has 22 heavy (non-hydrogen) atoms. The average Bonchev–Trinajstić information content (AvgIpc) is 2.95. The Morgan fingerprint density at radius 3 is 2.73 bits per heavy atom. The number of halogens is 1. The van der Waals surface area contributed by atoms with E-state index < -0.39 is 0 Å². The van der Waals surface area contributed by atoms with Crippen molar-refractivity contribution in [3.8, 4) is 11.1 Å². The number of hydrogen-bond donors (Lipinski definition) is 3. The van der Waals surface area contributed by atoms with Crippen molar-refractivity contribution in [2.24, 2.45) is 0 Å². The Morgan fingerprint density at radius 2 is 1.86 bits per heavy atom. The molecule has 5 heteroatoms. The van der Waals surface area contributed by atoms with Gasteiger partial charge in [-0.2, -0.15) is 0 Å². The fourth-order valence-corrected chi connectivity index (χ4v) is 2.97. The number of nitrogens with one attached hydrogen (secondary N) is 2. The number of fused-ring (bicyclic) bond motifs is 2. The Morgan fingerprint density at radius 1 is 1.05 bits per heavy atom. The highest BCUT2D eigenvalue weighted by molar-refractivity contribution is 6.37. The van der Waals surface area contributed by atoms with E-state index in [-0.39, 0.29) is 5.56 Å². The first kappa shape index (κ1) is 13.0. The van der Waals surface area contributed by atoms with Gasteiger partial charge in [-0.3, -0.25) is 4.79 Å². The lowest BCUT2D eigenvalue weighted by atomic mass is 10.0. The topological polar surface area (TPSA) is 74.7 Å². The number of anilines is 1. The van der Waals surface area contributed by atoms with Crippen LogP contribution in [0.25, 0.3) is 32.9 Å². The quantitative estimate of drug-likeness (QED) is 0.466. The summed E-state index contributed by atoms with van der Waals surface area (Å²) in [7, 11) is 0. The second-order valence-corrected chi connectivity index (χ2v) is 5.57. The molecule has 0 aliphatic carbocycles. The summed E-state index contributed by atoms with van der Waals surface area (Å²) in [6.45, 7) is 0. The third kappa shape index (κ3) is 1.81. The van der Waals surface area contributed by atoms with E-state index in [1.165, 1.54) is 0 Å². The van der Waals surface area contributed by atoms with Crippen LogP contribution in [0.1, 0.15) is 0 Å². The van der Waals surface area contributed by atoms with Gasteiger partial charge in [0.25, 0.3) is 5.56 Å². The van der Waals surface area contributed by atoms with Gasteiger partial charge in [0.15, 0.2) is 0 Å². The molecule has 2 aromatic carbocycles. The standard InChI is InChI=1S/C17H12ClN3O/c18-15-13(19)6-5-9-7-11(17(22)21-16(9)15)12-8-20-14-4-2-1-3-10(12)14/h1-8,20H,19H2,(H,21,22). The Balaban J connectivity index is 2.06. The molecule has 0 aliphatic rings. The maximum absolute atomic E-state index is 12.5. The molecule has 0 saturated heterocycles. The number of hydrogen-bond acceptors (Lipinski definition) is 2. The first-order valence-corrected chi connectivity index (χ1v) is 7.20.